The largest absolute Gasteiger partial charge is 0.338 e. The van der Waals surface area contributed by atoms with Crippen molar-refractivity contribution in [3.05, 3.63) is 35.7 Å². The lowest BCUT2D eigenvalue weighted by Gasteiger charge is -2.27. The van der Waals surface area contributed by atoms with Crippen LogP contribution in [0.3, 0.4) is 0 Å². The predicted octanol–water partition coefficient (Wildman–Crippen LogP) is 3.33. The molecule has 2 aromatic rings. The Bertz CT molecular complexity index is 850. The number of amides is 1. The Morgan fingerprint density at radius 2 is 2.12 bits per heavy atom. The van der Waals surface area contributed by atoms with E-state index in [4.69, 9.17) is 0 Å². The molecule has 0 saturated carbocycles. The summed E-state index contributed by atoms with van der Waals surface area (Å²) in [6.45, 7) is 2.61. The fourth-order valence-electron chi connectivity index (χ4n) is 3.04. The number of nitrogens with zero attached hydrogens (tertiary/aromatic N) is 2. The van der Waals surface area contributed by atoms with Gasteiger partial charge in [-0.05, 0) is 12.8 Å². The molecule has 0 spiro atoms. The third-order valence-electron chi connectivity index (χ3n) is 4.31. The molecule has 1 aliphatic heterocycles. The first-order valence-electron chi connectivity index (χ1n) is 8.62. The summed E-state index contributed by atoms with van der Waals surface area (Å²) >= 11 is 2.95. The van der Waals surface area contributed by atoms with Crippen LogP contribution < -0.4 is 0 Å². The third kappa shape index (κ3) is 4.86. The second kappa shape index (κ2) is 8.54. The molecule has 3 rings (SSSR count). The van der Waals surface area contributed by atoms with E-state index in [9.17, 15) is 13.2 Å². The fraction of sp³-hybridized carbons (Fsp3) is 0.444. The van der Waals surface area contributed by atoms with Crippen molar-refractivity contribution in [3.63, 3.8) is 0 Å². The second-order valence-electron chi connectivity index (χ2n) is 6.30. The molecular weight excluding hydrogens is 388 g/mol. The van der Waals surface area contributed by atoms with Gasteiger partial charge in [0.15, 0.2) is 14.2 Å². The molecule has 1 amide bonds. The van der Waals surface area contributed by atoms with Crippen LogP contribution in [0.1, 0.15) is 19.8 Å². The van der Waals surface area contributed by atoms with Gasteiger partial charge in [0.2, 0.25) is 5.91 Å². The number of sulfone groups is 1. The van der Waals surface area contributed by atoms with Crippen molar-refractivity contribution in [2.45, 2.75) is 30.1 Å². The van der Waals surface area contributed by atoms with E-state index in [1.807, 2.05) is 42.6 Å². The molecule has 2 heterocycles. The lowest BCUT2D eigenvalue weighted by Crippen LogP contribution is -2.42. The molecule has 0 N–H and O–H groups in total. The maximum Gasteiger partial charge on any atom is 0.233 e. The van der Waals surface area contributed by atoms with Crippen LogP contribution in [0.15, 0.2) is 40.1 Å². The van der Waals surface area contributed by atoms with Crippen LogP contribution in [0.4, 0.5) is 0 Å². The number of carbonyl (C=O) groups is 1. The highest BCUT2D eigenvalue weighted by molar-refractivity contribution is 8.01. The fourth-order valence-corrected chi connectivity index (χ4v) is 6.50. The van der Waals surface area contributed by atoms with Gasteiger partial charge >= 0.3 is 0 Å². The van der Waals surface area contributed by atoms with Gasteiger partial charge in [0.1, 0.15) is 0 Å². The summed E-state index contributed by atoms with van der Waals surface area (Å²) in [5, 5.41) is 2.00. The van der Waals surface area contributed by atoms with E-state index in [1.165, 1.54) is 23.1 Å². The minimum absolute atomic E-state index is 0.00425. The summed E-state index contributed by atoms with van der Waals surface area (Å²) in [5.74, 6) is 0.568. The average Bonchev–Trinajstić information content (AvgIpc) is 3.24. The Balaban J connectivity index is 1.61. The number of rotatable bonds is 7. The SMILES string of the molecule is CCCN(C(=O)CSc1nc(-c2ccccc2)cs1)[C@H]1CCS(=O)(=O)C1. The summed E-state index contributed by atoms with van der Waals surface area (Å²) in [6, 6.07) is 9.77. The predicted molar refractivity (Wildman–Crippen MR) is 107 cm³/mol. The Labute approximate surface area is 162 Å². The van der Waals surface area contributed by atoms with Crippen LogP contribution in [0.2, 0.25) is 0 Å². The second-order valence-corrected chi connectivity index (χ2v) is 10.6. The van der Waals surface area contributed by atoms with Crippen LogP contribution in [-0.2, 0) is 14.6 Å². The number of thioether (sulfide) groups is 1. The maximum absolute atomic E-state index is 12.7. The number of aromatic nitrogens is 1. The van der Waals surface area contributed by atoms with Gasteiger partial charge in [-0.2, -0.15) is 0 Å². The van der Waals surface area contributed by atoms with Crippen molar-refractivity contribution < 1.29 is 13.2 Å². The van der Waals surface area contributed by atoms with Crippen LogP contribution in [0.25, 0.3) is 11.3 Å². The van der Waals surface area contributed by atoms with Crippen LogP contribution >= 0.6 is 23.1 Å². The zero-order valence-electron chi connectivity index (χ0n) is 14.6. The van der Waals surface area contributed by atoms with Gasteiger partial charge in [-0.25, -0.2) is 13.4 Å². The van der Waals surface area contributed by atoms with E-state index in [1.54, 1.807) is 4.90 Å². The Hall–Kier alpha value is -1.38. The first-order valence-corrected chi connectivity index (χ1v) is 12.3. The highest BCUT2D eigenvalue weighted by Crippen LogP contribution is 2.29. The van der Waals surface area contributed by atoms with Crippen LogP contribution in [-0.4, -0.2) is 54.1 Å². The maximum atomic E-state index is 12.7. The number of thiazole rings is 1. The van der Waals surface area contributed by atoms with Crippen molar-refractivity contribution >= 4 is 38.8 Å². The molecule has 0 bridgehead atoms. The van der Waals surface area contributed by atoms with Gasteiger partial charge in [-0.1, -0.05) is 49.0 Å². The highest BCUT2D eigenvalue weighted by Gasteiger charge is 2.34. The molecule has 8 heteroatoms. The third-order valence-corrected chi connectivity index (χ3v) is 8.06. The lowest BCUT2D eigenvalue weighted by atomic mass is 10.2. The minimum Gasteiger partial charge on any atom is -0.338 e. The molecule has 0 aliphatic carbocycles. The molecule has 1 saturated heterocycles. The summed E-state index contributed by atoms with van der Waals surface area (Å²) in [4.78, 5) is 19.0. The molecule has 0 unspecified atom stereocenters. The minimum atomic E-state index is -3.00. The molecule has 26 heavy (non-hydrogen) atoms. The van der Waals surface area contributed by atoms with Gasteiger partial charge in [0.25, 0.3) is 0 Å². The first-order chi connectivity index (χ1) is 12.5. The van der Waals surface area contributed by atoms with Gasteiger partial charge in [0, 0.05) is 23.5 Å². The zero-order valence-corrected chi connectivity index (χ0v) is 17.1. The van der Waals surface area contributed by atoms with E-state index < -0.39 is 9.84 Å². The lowest BCUT2D eigenvalue weighted by molar-refractivity contribution is -0.130. The van der Waals surface area contributed by atoms with Crippen LogP contribution in [0, 0.1) is 0 Å². The molecule has 1 aliphatic rings. The average molecular weight is 411 g/mol. The quantitative estimate of drug-likeness (QED) is 0.655. The topological polar surface area (TPSA) is 67.3 Å². The molecule has 1 aromatic carbocycles. The molecule has 1 fully saturated rings. The summed E-state index contributed by atoms with van der Waals surface area (Å²) in [7, 11) is -3.00. The summed E-state index contributed by atoms with van der Waals surface area (Å²) in [5.41, 5.74) is 1.98. The molecule has 1 aromatic heterocycles. The van der Waals surface area contributed by atoms with E-state index >= 15 is 0 Å². The van der Waals surface area contributed by atoms with Gasteiger partial charge in [0.05, 0.1) is 23.0 Å². The molecule has 140 valence electrons. The van der Waals surface area contributed by atoms with Crippen molar-refractivity contribution in [2.75, 3.05) is 23.8 Å². The summed E-state index contributed by atoms with van der Waals surface area (Å²) in [6.07, 6.45) is 1.37. The van der Waals surface area contributed by atoms with Crippen molar-refractivity contribution in [1.29, 1.82) is 0 Å². The van der Waals surface area contributed by atoms with Crippen molar-refractivity contribution in [2.24, 2.45) is 0 Å². The molecule has 0 radical (unpaired) electrons. The van der Waals surface area contributed by atoms with Crippen molar-refractivity contribution in [3.8, 4) is 11.3 Å². The Morgan fingerprint density at radius 1 is 1.35 bits per heavy atom. The van der Waals surface area contributed by atoms with Gasteiger partial charge in [-0.15, -0.1) is 11.3 Å². The zero-order chi connectivity index (χ0) is 18.6. The highest BCUT2D eigenvalue weighted by atomic mass is 32.2. The van der Waals surface area contributed by atoms with Gasteiger partial charge in [-0.3, -0.25) is 4.79 Å². The number of benzene rings is 1. The van der Waals surface area contributed by atoms with E-state index in [-0.39, 0.29) is 29.2 Å². The van der Waals surface area contributed by atoms with Gasteiger partial charge < -0.3 is 4.90 Å². The Morgan fingerprint density at radius 3 is 2.77 bits per heavy atom. The van der Waals surface area contributed by atoms with Crippen LogP contribution in [0.5, 0.6) is 0 Å². The molecule has 1 atom stereocenters. The van der Waals surface area contributed by atoms with E-state index in [0.29, 0.717) is 13.0 Å². The smallest absolute Gasteiger partial charge is 0.233 e. The monoisotopic (exact) mass is 410 g/mol. The molecular formula is C18H22N2O3S3. The van der Waals surface area contributed by atoms with E-state index in [0.717, 1.165) is 22.0 Å². The summed E-state index contributed by atoms with van der Waals surface area (Å²) < 4.78 is 24.3. The molecule has 5 nitrogen and oxygen atoms in total. The number of hydrogen-bond acceptors (Lipinski definition) is 6. The number of carbonyl (C=O) groups excluding carboxylic acids is 1. The first kappa shape index (κ1) is 19.4. The number of hydrogen-bond donors (Lipinski definition) is 0. The normalized spacial score (nSPS) is 18.7. The van der Waals surface area contributed by atoms with Crippen molar-refractivity contribution in [1.82, 2.24) is 9.88 Å². The standard InChI is InChI=1S/C18H22N2O3S3/c1-2-9-20(15-8-10-26(22,23)13-15)17(21)12-25-18-19-16(11-24-18)14-6-4-3-5-7-14/h3-7,11,15H,2,8-10,12-13H2,1H3/t15-/m0/s1. The van der Waals surface area contributed by atoms with E-state index in [2.05, 4.69) is 4.98 Å². The Kier molecular flexibility index (Phi) is 6.37.